The molecule has 7 nitrogen and oxygen atoms in total. The predicted molar refractivity (Wildman–Crippen MR) is 121 cm³/mol. The van der Waals surface area contributed by atoms with E-state index in [9.17, 15) is 4.79 Å². The van der Waals surface area contributed by atoms with Gasteiger partial charge >= 0.3 is 0 Å². The van der Waals surface area contributed by atoms with Crippen LogP contribution in [0.5, 0.6) is 5.75 Å². The third-order valence-corrected chi connectivity index (χ3v) is 6.01. The third-order valence-electron chi connectivity index (χ3n) is 5.19. The van der Waals surface area contributed by atoms with E-state index in [2.05, 4.69) is 9.27 Å². The first-order chi connectivity index (χ1) is 15.2. The maximum absolute atomic E-state index is 12.4. The lowest BCUT2D eigenvalue weighted by Crippen LogP contribution is -2.49. The molecule has 162 valence electrons. The summed E-state index contributed by atoms with van der Waals surface area (Å²) in [5.41, 5.74) is 2.19. The van der Waals surface area contributed by atoms with Crippen LogP contribution in [0.1, 0.15) is 17.0 Å². The predicted octanol–water partition coefficient (Wildman–Crippen LogP) is 3.00. The smallest absolute Gasteiger partial charge is 0.248 e. The Morgan fingerprint density at radius 1 is 1.03 bits per heavy atom. The maximum atomic E-state index is 12.4. The molecule has 0 aliphatic carbocycles. The van der Waals surface area contributed by atoms with Crippen LogP contribution in [-0.2, 0) is 22.6 Å². The van der Waals surface area contributed by atoms with E-state index in [-0.39, 0.29) is 12.5 Å². The van der Waals surface area contributed by atoms with E-state index in [1.807, 2.05) is 59.5 Å². The lowest BCUT2D eigenvalue weighted by Gasteiger charge is -2.34. The van der Waals surface area contributed by atoms with Gasteiger partial charge in [0.2, 0.25) is 11.0 Å². The summed E-state index contributed by atoms with van der Waals surface area (Å²) in [6, 6.07) is 17.8. The average Bonchev–Trinajstić information content (AvgIpc) is 3.28. The third kappa shape index (κ3) is 5.80. The molecule has 3 aromatic rings. The van der Waals surface area contributed by atoms with Crippen molar-refractivity contribution in [2.75, 3.05) is 44.8 Å². The van der Waals surface area contributed by atoms with Gasteiger partial charge in [0.05, 0.1) is 13.7 Å². The van der Waals surface area contributed by atoms with Crippen molar-refractivity contribution in [2.45, 2.75) is 13.0 Å². The molecular weight excluding hydrogens is 412 g/mol. The van der Waals surface area contributed by atoms with Crippen LogP contribution in [0.3, 0.4) is 0 Å². The van der Waals surface area contributed by atoms with Crippen molar-refractivity contribution in [2.24, 2.45) is 0 Å². The number of amides is 1. The molecule has 1 fully saturated rings. The highest BCUT2D eigenvalue weighted by Gasteiger charge is 2.23. The van der Waals surface area contributed by atoms with Crippen LogP contribution < -0.4 is 9.64 Å². The zero-order valence-corrected chi connectivity index (χ0v) is 18.4. The number of carbonyl (C=O) groups excluding carboxylic acids is 1. The Kier molecular flexibility index (Phi) is 7.11. The van der Waals surface area contributed by atoms with Crippen LogP contribution in [-0.4, -0.2) is 60.1 Å². The van der Waals surface area contributed by atoms with Gasteiger partial charge in [-0.05, 0) is 23.3 Å². The second-order valence-corrected chi connectivity index (χ2v) is 8.10. The second-order valence-electron chi connectivity index (χ2n) is 7.37. The molecule has 1 aliphatic rings. The highest BCUT2D eigenvalue weighted by atomic mass is 32.1. The number of hydrogen-bond donors (Lipinski definition) is 0. The van der Waals surface area contributed by atoms with Crippen LogP contribution in [0.25, 0.3) is 0 Å². The number of hydrogen-bond acceptors (Lipinski definition) is 7. The molecule has 0 radical (unpaired) electrons. The number of carbonyl (C=O) groups is 1. The van der Waals surface area contributed by atoms with Gasteiger partial charge in [-0.15, -0.1) is 0 Å². The molecule has 0 bridgehead atoms. The normalized spacial score (nSPS) is 14.0. The van der Waals surface area contributed by atoms with Gasteiger partial charge in [0.15, 0.2) is 0 Å². The molecule has 0 saturated carbocycles. The Bertz CT molecular complexity index is 987. The standard InChI is InChI=1S/C23H26N4O3S/c1-29-20-9-5-8-19(14-20)15-21-24-23(31-25-21)27-12-10-26(11-13-27)22(28)17-30-16-18-6-3-2-4-7-18/h2-9,14H,10-13,15-17H2,1H3. The number of anilines is 1. The molecular formula is C23H26N4O3S. The summed E-state index contributed by atoms with van der Waals surface area (Å²) in [4.78, 5) is 21.2. The van der Waals surface area contributed by atoms with Crippen LogP contribution in [0.15, 0.2) is 54.6 Å². The largest absolute Gasteiger partial charge is 0.497 e. The number of piperazine rings is 1. The van der Waals surface area contributed by atoms with E-state index in [1.165, 1.54) is 11.5 Å². The van der Waals surface area contributed by atoms with E-state index >= 15 is 0 Å². The summed E-state index contributed by atoms with van der Waals surface area (Å²) >= 11 is 1.41. The van der Waals surface area contributed by atoms with Gasteiger partial charge in [0, 0.05) is 44.1 Å². The van der Waals surface area contributed by atoms with Crippen molar-refractivity contribution in [3.05, 3.63) is 71.5 Å². The molecule has 0 unspecified atom stereocenters. The average molecular weight is 439 g/mol. The molecule has 0 atom stereocenters. The first kappa shape index (κ1) is 21.3. The fourth-order valence-electron chi connectivity index (χ4n) is 3.48. The number of nitrogens with zero attached hydrogens (tertiary/aromatic N) is 4. The number of rotatable bonds is 8. The summed E-state index contributed by atoms with van der Waals surface area (Å²) in [5, 5.41) is 0.908. The molecule has 1 aliphatic heterocycles. The van der Waals surface area contributed by atoms with Crippen molar-refractivity contribution < 1.29 is 14.3 Å². The van der Waals surface area contributed by atoms with Crippen LogP contribution in [0, 0.1) is 0 Å². The molecule has 2 heterocycles. The number of aromatic nitrogens is 2. The van der Waals surface area contributed by atoms with Crippen molar-refractivity contribution in [3.63, 3.8) is 0 Å². The minimum absolute atomic E-state index is 0.0339. The molecule has 8 heteroatoms. The molecule has 0 spiro atoms. The monoisotopic (exact) mass is 438 g/mol. The Hall–Kier alpha value is -2.97. The van der Waals surface area contributed by atoms with Crippen molar-refractivity contribution in [3.8, 4) is 5.75 Å². The number of methoxy groups -OCH3 is 1. The van der Waals surface area contributed by atoms with Gasteiger partial charge in [-0.25, -0.2) is 4.98 Å². The lowest BCUT2D eigenvalue weighted by atomic mass is 10.1. The molecule has 31 heavy (non-hydrogen) atoms. The van der Waals surface area contributed by atoms with Crippen LogP contribution in [0.4, 0.5) is 5.13 Å². The molecule has 1 saturated heterocycles. The molecule has 4 rings (SSSR count). The van der Waals surface area contributed by atoms with E-state index in [0.29, 0.717) is 26.1 Å². The number of benzene rings is 2. The topological polar surface area (TPSA) is 67.8 Å². The summed E-state index contributed by atoms with van der Waals surface area (Å²) in [6.07, 6.45) is 0.672. The van der Waals surface area contributed by atoms with Crippen molar-refractivity contribution in [1.29, 1.82) is 0 Å². The highest BCUT2D eigenvalue weighted by Crippen LogP contribution is 2.21. The fourth-order valence-corrected chi connectivity index (χ4v) is 4.22. The van der Waals surface area contributed by atoms with E-state index < -0.39 is 0 Å². The van der Waals surface area contributed by atoms with Crippen LogP contribution in [0.2, 0.25) is 0 Å². The zero-order valence-electron chi connectivity index (χ0n) is 17.6. The molecule has 0 N–H and O–H groups in total. The second kappa shape index (κ2) is 10.4. The Balaban J connectivity index is 1.23. The van der Waals surface area contributed by atoms with Gasteiger partial charge in [-0.2, -0.15) is 4.37 Å². The summed E-state index contributed by atoms with van der Waals surface area (Å²) in [6.45, 7) is 3.39. The summed E-state index contributed by atoms with van der Waals surface area (Å²) < 4.78 is 15.4. The minimum Gasteiger partial charge on any atom is -0.497 e. The van der Waals surface area contributed by atoms with Gasteiger partial charge in [-0.3, -0.25) is 4.79 Å². The summed E-state index contributed by atoms with van der Waals surface area (Å²) in [7, 11) is 1.66. The van der Waals surface area contributed by atoms with Crippen molar-refractivity contribution >= 4 is 22.6 Å². The van der Waals surface area contributed by atoms with Gasteiger partial charge < -0.3 is 19.3 Å². The molecule has 1 amide bonds. The van der Waals surface area contributed by atoms with E-state index in [4.69, 9.17) is 14.5 Å². The maximum Gasteiger partial charge on any atom is 0.248 e. The van der Waals surface area contributed by atoms with Gasteiger partial charge in [0.25, 0.3) is 0 Å². The lowest BCUT2D eigenvalue weighted by molar-refractivity contribution is -0.136. The van der Waals surface area contributed by atoms with Crippen LogP contribution >= 0.6 is 11.5 Å². The minimum atomic E-state index is 0.0339. The fraction of sp³-hybridized carbons (Fsp3) is 0.348. The summed E-state index contributed by atoms with van der Waals surface area (Å²) in [5.74, 6) is 1.68. The Labute approximate surface area is 186 Å². The Morgan fingerprint density at radius 3 is 2.58 bits per heavy atom. The SMILES string of the molecule is COc1cccc(Cc2nsc(N3CCN(C(=O)COCc4ccccc4)CC3)n2)c1. The van der Waals surface area contributed by atoms with Crippen molar-refractivity contribution in [1.82, 2.24) is 14.3 Å². The van der Waals surface area contributed by atoms with Gasteiger partial charge in [-0.1, -0.05) is 42.5 Å². The van der Waals surface area contributed by atoms with E-state index in [1.54, 1.807) is 7.11 Å². The quantitative estimate of drug-likeness (QED) is 0.539. The first-order valence-electron chi connectivity index (χ1n) is 10.3. The van der Waals surface area contributed by atoms with E-state index in [0.717, 1.165) is 40.9 Å². The molecule has 1 aromatic heterocycles. The Morgan fingerprint density at radius 2 is 1.81 bits per heavy atom. The highest BCUT2D eigenvalue weighted by molar-refractivity contribution is 7.09. The zero-order chi connectivity index (χ0) is 21.5. The first-order valence-corrected chi connectivity index (χ1v) is 11.1. The van der Waals surface area contributed by atoms with Gasteiger partial charge in [0.1, 0.15) is 18.2 Å². The number of ether oxygens (including phenoxy) is 2. The molecule has 2 aromatic carbocycles.